The molecule has 0 saturated carbocycles. The molecule has 1 unspecified atom stereocenters. The van der Waals surface area contributed by atoms with E-state index in [-0.39, 0.29) is 0 Å². The molecule has 0 aliphatic heterocycles. The van der Waals surface area contributed by atoms with Crippen LogP contribution in [0.5, 0.6) is 0 Å². The van der Waals surface area contributed by atoms with Crippen LogP contribution in [-0.2, 0) is 12.8 Å². The molecule has 1 aliphatic carbocycles. The third kappa shape index (κ3) is 3.03. The lowest BCUT2D eigenvalue weighted by molar-refractivity contribution is 0.661. The Morgan fingerprint density at radius 2 is 2.21 bits per heavy atom. The van der Waals surface area contributed by atoms with Crippen molar-refractivity contribution < 1.29 is 0 Å². The van der Waals surface area contributed by atoms with Crippen molar-refractivity contribution in [1.82, 2.24) is 4.98 Å². The van der Waals surface area contributed by atoms with Gasteiger partial charge in [-0.15, -0.1) is 0 Å². The quantitative estimate of drug-likeness (QED) is 0.847. The van der Waals surface area contributed by atoms with Gasteiger partial charge in [-0.1, -0.05) is 0 Å². The van der Waals surface area contributed by atoms with E-state index in [9.17, 15) is 5.26 Å². The molecule has 1 aliphatic rings. The summed E-state index contributed by atoms with van der Waals surface area (Å²) in [5, 5.41) is 9.36. The number of aryl methyl sites for hydroxylation is 2. The third-order valence-electron chi connectivity index (χ3n) is 3.80. The van der Waals surface area contributed by atoms with Crippen molar-refractivity contribution in [3.63, 3.8) is 0 Å². The fourth-order valence-electron chi connectivity index (χ4n) is 2.54. The number of aromatic nitrogens is 1. The molecule has 0 N–H and O–H groups in total. The molecule has 0 radical (unpaired) electrons. The van der Waals surface area contributed by atoms with E-state index in [1.165, 1.54) is 24.1 Å². The molecule has 3 nitrogen and oxygen atoms in total. The summed E-state index contributed by atoms with van der Waals surface area (Å²) in [6.07, 6.45) is 6.67. The average molecular weight is 275 g/mol. The van der Waals surface area contributed by atoms with Gasteiger partial charge in [0.25, 0.3) is 0 Å². The second-order valence-electron chi connectivity index (χ2n) is 5.20. The highest BCUT2D eigenvalue weighted by atomic mass is 32.2. The summed E-state index contributed by atoms with van der Waals surface area (Å²) in [5.74, 6) is 1.89. The summed E-state index contributed by atoms with van der Waals surface area (Å²) in [4.78, 5) is 6.92. The Bertz CT molecular complexity index is 493. The van der Waals surface area contributed by atoms with Crippen molar-refractivity contribution in [2.75, 3.05) is 24.0 Å². The first-order chi connectivity index (χ1) is 9.17. The number of pyridine rings is 1. The van der Waals surface area contributed by atoms with E-state index in [0.717, 1.165) is 30.0 Å². The highest BCUT2D eigenvalue weighted by Crippen LogP contribution is 2.27. The Labute approximate surface area is 120 Å². The largest absolute Gasteiger partial charge is 0.355 e. The van der Waals surface area contributed by atoms with Gasteiger partial charge in [-0.25, -0.2) is 4.98 Å². The van der Waals surface area contributed by atoms with E-state index in [1.807, 2.05) is 18.8 Å². The molecule has 0 bridgehead atoms. The number of thioether (sulfide) groups is 1. The summed E-state index contributed by atoms with van der Waals surface area (Å²) in [6, 6.07) is 4.75. The topological polar surface area (TPSA) is 39.9 Å². The van der Waals surface area contributed by atoms with Gasteiger partial charge in [-0.2, -0.15) is 17.0 Å². The van der Waals surface area contributed by atoms with Crippen LogP contribution in [-0.4, -0.2) is 30.1 Å². The molecule has 1 atom stereocenters. The lowest BCUT2D eigenvalue weighted by Crippen LogP contribution is -2.32. The Morgan fingerprint density at radius 1 is 1.47 bits per heavy atom. The molecule has 102 valence electrons. The molecule has 1 heterocycles. The summed E-state index contributed by atoms with van der Waals surface area (Å²) >= 11 is 1.82. The standard InChI is InChI=1S/C15H21N3S/c1-11(10-19-3)18(2)15-13(9-16)8-12-6-4-5-7-14(12)17-15/h8,11H,4-7,10H2,1-3H3. The Hall–Kier alpha value is -1.21. The fraction of sp³-hybridized carbons (Fsp3) is 0.600. The maximum atomic E-state index is 9.36. The van der Waals surface area contributed by atoms with Crippen molar-refractivity contribution in [2.45, 2.75) is 38.6 Å². The molecule has 2 rings (SSSR count). The van der Waals surface area contributed by atoms with Gasteiger partial charge < -0.3 is 4.90 Å². The molecule has 1 aromatic heterocycles. The second kappa shape index (κ2) is 6.29. The van der Waals surface area contributed by atoms with Crippen LogP contribution in [0, 0.1) is 11.3 Å². The first-order valence-corrected chi connectivity index (χ1v) is 8.21. The first kappa shape index (κ1) is 14.2. The van der Waals surface area contributed by atoms with E-state index in [2.05, 4.69) is 30.2 Å². The summed E-state index contributed by atoms with van der Waals surface area (Å²) in [5.41, 5.74) is 3.19. The highest BCUT2D eigenvalue weighted by molar-refractivity contribution is 7.98. The summed E-state index contributed by atoms with van der Waals surface area (Å²) in [6.45, 7) is 2.18. The summed E-state index contributed by atoms with van der Waals surface area (Å²) in [7, 11) is 2.04. The molecule has 0 fully saturated rings. The first-order valence-electron chi connectivity index (χ1n) is 6.82. The zero-order valence-corrected chi connectivity index (χ0v) is 12.8. The van der Waals surface area contributed by atoms with Gasteiger partial charge in [0.15, 0.2) is 0 Å². The maximum Gasteiger partial charge on any atom is 0.146 e. The Morgan fingerprint density at radius 3 is 2.89 bits per heavy atom. The molecule has 19 heavy (non-hydrogen) atoms. The van der Waals surface area contributed by atoms with Gasteiger partial charge in [-0.05, 0) is 50.5 Å². The van der Waals surface area contributed by atoms with Gasteiger partial charge in [0.1, 0.15) is 11.9 Å². The van der Waals surface area contributed by atoms with Crippen LogP contribution in [0.15, 0.2) is 6.07 Å². The van der Waals surface area contributed by atoms with Crippen molar-refractivity contribution in [2.24, 2.45) is 0 Å². The van der Waals surface area contributed by atoms with Gasteiger partial charge in [0, 0.05) is 24.5 Å². The third-order valence-corrected chi connectivity index (χ3v) is 4.62. The minimum Gasteiger partial charge on any atom is -0.355 e. The van der Waals surface area contributed by atoms with Crippen LogP contribution >= 0.6 is 11.8 Å². The zero-order chi connectivity index (χ0) is 13.8. The van der Waals surface area contributed by atoms with Crippen molar-refractivity contribution in [3.8, 4) is 6.07 Å². The van der Waals surface area contributed by atoms with Gasteiger partial charge in [-0.3, -0.25) is 0 Å². The van der Waals surface area contributed by atoms with Crippen LogP contribution < -0.4 is 4.90 Å². The molecular weight excluding hydrogens is 254 g/mol. The Kier molecular flexibility index (Phi) is 4.71. The van der Waals surface area contributed by atoms with E-state index in [0.29, 0.717) is 6.04 Å². The predicted octanol–water partition coefficient (Wildman–Crippen LogP) is 3.02. The number of nitriles is 1. The minimum atomic E-state index is 0.385. The van der Waals surface area contributed by atoms with Gasteiger partial charge in [0.05, 0.1) is 5.56 Å². The van der Waals surface area contributed by atoms with E-state index >= 15 is 0 Å². The molecule has 0 saturated heterocycles. The lowest BCUT2D eigenvalue weighted by atomic mass is 9.95. The second-order valence-corrected chi connectivity index (χ2v) is 6.11. The highest BCUT2D eigenvalue weighted by Gasteiger charge is 2.19. The van der Waals surface area contributed by atoms with Crippen LogP contribution in [0.25, 0.3) is 0 Å². The van der Waals surface area contributed by atoms with Crippen molar-refractivity contribution in [1.29, 1.82) is 5.26 Å². The minimum absolute atomic E-state index is 0.385. The van der Waals surface area contributed by atoms with E-state index in [4.69, 9.17) is 4.98 Å². The number of anilines is 1. The molecule has 4 heteroatoms. The molecule has 0 amide bonds. The number of rotatable bonds is 4. The van der Waals surface area contributed by atoms with Crippen LogP contribution in [0.1, 0.15) is 36.6 Å². The zero-order valence-electron chi connectivity index (χ0n) is 11.9. The lowest BCUT2D eigenvalue weighted by Gasteiger charge is -2.28. The normalized spacial score (nSPS) is 15.5. The van der Waals surface area contributed by atoms with E-state index < -0.39 is 0 Å². The molecule has 0 spiro atoms. The van der Waals surface area contributed by atoms with Crippen LogP contribution in [0.2, 0.25) is 0 Å². The van der Waals surface area contributed by atoms with Crippen LogP contribution in [0.3, 0.4) is 0 Å². The number of hydrogen-bond donors (Lipinski definition) is 0. The van der Waals surface area contributed by atoms with Gasteiger partial charge in [0.2, 0.25) is 0 Å². The van der Waals surface area contributed by atoms with Crippen molar-refractivity contribution in [3.05, 3.63) is 22.9 Å². The fourth-order valence-corrected chi connectivity index (χ4v) is 3.24. The van der Waals surface area contributed by atoms with Gasteiger partial charge >= 0.3 is 0 Å². The SMILES string of the molecule is CSCC(C)N(C)c1nc2c(cc1C#N)CCCC2. The number of nitrogens with zero attached hydrogens (tertiary/aromatic N) is 3. The predicted molar refractivity (Wildman–Crippen MR) is 81.8 cm³/mol. The smallest absolute Gasteiger partial charge is 0.146 e. The van der Waals surface area contributed by atoms with E-state index in [1.54, 1.807) is 0 Å². The average Bonchev–Trinajstić information content (AvgIpc) is 2.45. The molecular formula is C15H21N3S. The monoisotopic (exact) mass is 275 g/mol. The van der Waals surface area contributed by atoms with Crippen LogP contribution in [0.4, 0.5) is 5.82 Å². The number of hydrogen-bond acceptors (Lipinski definition) is 4. The number of fused-ring (bicyclic) bond motifs is 1. The molecule has 1 aromatic rings. The van der Waals surface area contributed by atoms with Crippen molar-refractivity contribution >= 4 is 17.6 Å². The maximum absolute atomic E-state index is 9.36. The summed E-state index contributed by atoms with van der Waals surface area (Å²) < 4.78 is 0. The Balaban J connectivity index is 2.36. The molecule has 0 aromatic carbocycles.